The number of fused-ring (bicyclic) bond motifs is 3. The molecule has 0 N–H and O–H groups in total. The van der Waals surface area contributed by atoms with E-state index in [0.717, 1.165) is 48.2 Å². The van der Waals surface area contributed by atoms with Crippen LogP contribution in [-0.2, 0) is 4.79 Å². The second-order valence-electron chi connectivity index (χ2n) is 7.97. The van der Waals surface area contributed by atoms with Gasteiger partial charge in [0.2, 0.25) is 0 Å². The quantitative estimate of drug-likeness (QED) is 0.642. The molecule has 1 heteroatoms. The summed E-state index contributed by atoms with van der Waals surface area (Å²) in [7, 11) is 0. The van der Waals surface area contributed by atoms with E-state index in [1.165, 1.54) is 57.8 Å². The summed E-state index contributed by atoms with van der Waals surface area (Å²) in [6.07, 6.45) is 16.5. The molecule has 3 aliphatic rings. The summed E-state index contributed by atoms with van der Waals surface area (Å²) in [5, 5.41) is 0. The lowest BCUT2D eigenvalue weighted by atomic mass is 9.55. The fraction of sp³-hybridized carbons (Fsp3) is 0.947. The molecular weight excluding hydrogens is 244 g/mol. The van der Waals surface area contributed by atoms with Crippen LogP contribution in [0.15, 0.2) is 0 Å². The maximum Gasteiger partial charge on any atom is 0.120 e. The van der Waals surface area contributed by atoms with Gasteiger partial charge >= 0.3 is 0 Å². The first-order valence-corrected chi connectivity index (χ1v) is 9.25. The molecule has 0 aromatic carbocycles. The number of aldehydes is 1. The van der Waals surface area contributed by atoms with Gasteiger partial charge in [-0.25, -0.2) is 0 Å². The Morgan fingerprint density at radius 2 is 1.45 bits per heavy atom. The Labute approximate surface area is 124 Å². The van der Waals surface area contributed by atoms with Crippen molar-refractivity contribution in [3.63, 3.8) is 0 Å². The zero-order valence-electron chi connectivity index (χ0n) is 13.2. The molecule has 0 saturated heterocycles. The molecule has 1 nitrogen and oxygen atoms in total. The summed E-state index contributed by atoms with van der Waals surface area (Å²) in [4.78, 5) is 10.8. The third-order valence-electron chi connectivity index (χ3n) is 6.88. The third kappa shape index (κ3) is 2.97. The fourth-order valence-electron chi connectivity index (χ4n) is 6.01. The van der Waals surface area contributed by atoms with Crippen molar-refractivity contribution < 1.29 is 4.79 Å². The molecule has 0 bridgehead atoms. The maximum absolute atomic E-state index is 10.8. The van der Waals surface area contributed by atoms with Gasteiger partial charge in [-0.05, 0) is 80.5 Å². The van der Waals surface area contributed by atoms with Crippen molar-refractivity contribution in [2.45, 2.75) is 77.6 Å². The Balaban J connectivity index is 1.59. The monoisotopic (exact) mass is 276 g/mol. The van der Waals surface area contributed by atoms with Gasteiger partial charge in [0.05, 0.1) is 0 Å². The van der Waals surface area contributed by atoms with Crippen molar-refractivity contribution in [3.8, 4) is 0 Å². The SMILES string of the molecule is CCC[C@@H]1CC[C@H]2[C@@H](CC[C@@H]3CC(CC=O)CC[C@H]32)C1. The van der Waals surface area contributed by atoms with Gasteiger partial charge in [-0.2, -0.15) is 0 Å². The number of hydrogen-bond donors (Lipinski definition) is 0. The average Bonchev–Trinajstić information content (AvgIpc) is 2.47. The van der Waals surface area contributed by atoms with Crippen molar-refractivity contribution in [2.75, 3.05) is 0 Å². The minimum atomic E-state index is 0.724. The molecule has 3 aliphatic carbocycles. The number of carbonyl (C=O) groups is 1. The van der Waals surface area contributed by atoms with Crippen LogP contribution in [0.4, 0.5) is 0 Å². The Hall–Kier alpha value is -0.330. The van der Waals surface area contributed by atoms with E-state index < -0.39 is 0 Å². The van der Waals surface area contributed by atoms with Gasteiger partial charge in [-0.3, -0.25) is 0 Å². The molecule has 6 atom stereocenters. The summed E-state index contributed by atoms with van der Waals surface area (Å²) in [6, 6.07) is 0. The Kier molecular flexibility index (Phi) is 4.83. The predicted octanol–water partition coefficient (Wildman–Crippen LogP) is 5.23. The van der Waals surface area contributed by atoms with Crippen LogP contribution in [0, 0.1) is 35.5 Å². The van der Waals surface area contributed by atoms with Crippen LogP contribution in [0.3, 0.4) is 0 Å². The average molecular weight is 276 g/mol. The predicted molar refractivity (Wildman–Crippen MR) is 83.5 cm³/mol. The van der Waals surface area contributed by atoms with Gasteiger partial charge in [0.1, 0.15) is 6.29 Å². The molecule has 0 aromatic heterocycles. The van der Waals surface area contributed by atoms with Crippen LogP contribution in [0.2, 0.25) is 0 Å². The summed E-state index contributed by atoms with van der Waals surface area (Å²) >= 11 is 0. The van der Waals surface area contributed by atoms with Crippen molar-refractivity contribution in [2.24, 2.45) is 35.5 Å². The van der Waals surface area contributed by atoms with E-state index in [4.69, 9.17) is 0 Å². The second-order valence-corrected chi connectivity index (χ2v) is 7.97. The highest BCUT2D eigenvalue weighted by Crippen LogP contribution is 2.53. The molecule has 1 unspecified atom stereocenters. The Morgan fingerprint density at radius 3 is 2.05 bits per heavy atom. The molecule has 0 heterocycles. The molecule has 3 rings (SSSR count). The molecule has 0 radical (unpaired) electrons. The van der Waals surface area contributed by atoms with Gasteiger partial charge in [0.15, 0.2) is 0 Å². The molecular formula is C19H32O. The number of hydrogen-bond acceptors (Lipinski definition) is 1. The van der Waals surface area contributed by atoms with Crippen LogP contribution in [0.25, 0.3) is 0 Å². The van der Waals surface area contributed by atoms with E-state index >= 15 is 0 Å². The van der Waals surface area contributed by atoms with Gasteiger partial charge in [0, 0.05) is 6.42 Å². The Morgan fingerprint density at radius 1 is 0.850 bits per heavy atom. The zero-order valence-corrected chi connectivity index (χ0v) is 13.2. The van der Waals surface area contributed by atoms with E-state index in [2.05, 4.69) is 6.92 Å². The van der Waals surface area contributed by atoms with E-state index in [9.17, 15) is 4.79 Å². The largest absolute Gasteiger partial charge is 0.303 e. The first kappa shape index (κ1) is 14.6. The van der Waals surface area contributed by atoms with Crippen LogP contribution in [0.1, 0.15) is 77.6 Å². The third-order valence-corrected chi connectivity index (χ3v) is 6.88. The first-order valence-electron chi connectivity index (χ1n) is 9.25. The molecule has 114 valence electrons. The summed E-state index contributed by atoms with van der Waals surface area (Å²) < 4.78 is 0. The van der Waals surface area contributed by atoms with Crippen LogP contribution >= 0.6 is 0 Å². The fourth-order valence-corrected chi connectivity index (χ4v) is 6.01. The molecule has 0 aliphatic heterocycles. The molecule has 0 spiro atoms. The molecule has 20 heavy (non-hydrogen) atoms. The lowest BCUT2D eigenvalue weighted by molar-refractivity contribution is -0.109. The highest BCUT2D eigenvalue weighted by atomic mass is 16.1. The van der Waals surface area contributed by atoms with Crippen LogP contribution in [0.5, 0.6) is 0 Å². The Bertz CT molecular complexity index is 324. The molecule has 3 fully saturated rings. The van der Waals surface area contributed by atoms with Gasteiger partial charge in [-0.1, -0.05) is 26.2 Å². The first-order chi connectivity index (χ1) is 9.81. The number of rotatable bonds is 4. The standard InChI is InChI=1S/C19H32O/c1-2-3-14-4-8-18-16(12-14)6-7-17-13-15(10-11-20)5-9-19(17)18/h11,14-19H,2-10,12-13H2,1H3/t14-,15?,16+,17-,18+,19-/m1/s1. The minimum absolute atomic E-state index is 0.724. The van der Waals surface area contributed by atoms with Gasteiger partial charge in [0.25, 0.3) is 0 Å². The van der Waals surface area contributed by atoms with E-state index in [1.807, 2.05) is 0 Å². The van der Waals surface area contributed by atoms with E-state index in [1.54, 1.807) is 6.42 Å². The highest BCUT2D eigenvalue weighted by Gasteiger charge is 2.44. The molecule has 0 aromatic rings. The lowest BCUT2D eigenvalue weighted by Crippen LogP contribution is -2.41. The van der Waals surface area contributed by atoms with Crippen molar-refractivity contribution in [3.05, 3.63) is 0 Å². The van der Waals surface area contributed by atoms with Gasteiger partial charge < -0.3 is 4.79 Å². The zero-order chi connectivity index (χ0) is 13.9. The van der Waals surface area contributed by atoms with E-state index in [0.29, 0.717) is 0 Å². The van der Waals surface area contributed by atoms with Crippen molar-refractivity contribution in [1.29, 1.82) is 0 Å². The maximum atomic E-state index is 10.8. The molecule has 3 saturated carbocycles. The topological polar surface area (TPSA) is 17.1 Å². The van der Waals surface area contributed by atoms with Crippen molar-refractivity contribution in [1.82, 2.24) is 0 Å². The minimum Gasteiger partial charge on any atom is -0.303 e. The van der Waals surface area contributed by atoms with Crippen LogP contribution < -0.4 is 0 Å². The molecule has 0 amide bonds. The second kappa shape index (κ2) is 6.62. The summed E-state index contributed by atoms with van der Waals surface area (Å²) in [5.74, 6) is 5.88. The van der Waals surface area contributed by atoms with Crippen molar-refractivity contribution >= 4 is 6.29 Å². The summed E-state index contributed by atoms with van der Waals surface area (Å²) in [5.41, 5.74) is 0. The van der Waals surface area contributed by atoms with Gasteiger partial charge in [-0.15, -0.1) is 0 Å². The normalized spacial score (nSPS) is 44.5. The van der Waals surface area contributed by atoms with E-state index in [-0.39, 0.29) is 0 Å². The smallest absolute Gasteiger partial charge is 0.120 e. The van der Waals surface area contributed by atoms with Crippen LogP contribution in [-0.4, -0.2) is 6.29 Å². The lowest BCUT2D eigenvalue weighted by Gasteiger charge is -2.50. The highest BCUT2D eigenvalue weighted by molar-refractivity contribution is 5.49. The summed E-state index contributed by atoms with van der Waals surface area (Å²) in [6.45, 7) is 2.34. The number of carbonyl (C=O) groups excluding carboxylic acids is 1.